The van der Waals surface area contributed by atoms with Crippen molar-refractivity contribution in [1.82, 2.24) is 14.5 Å². The van der Waals surface area contributed by atoms with E-state index in [1.807, 2.05) is 13.0 Å². The van der Waals surface area contributed by atoms with Crippen LogP contribution in [0.15, 0.2) is 12.3 Å². The molecule has 0 spiro atoms. The quantitative estimate of drug-likeness (QED) is 0.773. The van der Waals surface area contributed by atoms with Crippen molar-refractivity contribution in [2.45, 2.75) is 31.7 Å². The van der Waals surface area contributed by atoms with Gasteiger partial charge in [-0.2, -0.15) is 0 Å². The molecule has 2 aromatic rings. The molecule has 90 valence electrons. The highest BCUT2D eigenvalue weighted by Crippen LogP contribution is 2.46. The Morgan fingerprint density at radius 3 is 2.82 bits per heavy atom. The number of hydrogen-bond donors (Lipinski definition) is 0. The zero-order valence-corrected chi connectivity index (χ0v) is 11.2. The summed E-state index contributed by atoms with van der Waals surface area (Å²) in [6.45, 7) is 4.17. The molecule has 0 saturated heterocycles. The van der Waals surface area contributed by atoms with Gasteiger partial charge in [-0.15, -0.1) is 11.6 Å². The first-order valence-corrected chi connectivity index (χ1v) is 6.57. The van der Waals surface area contributed by atoms with E-state index in [1.165, 1.54) is 6.42 Å². The molecule has 17 heavy (non-hydrogen) atoms. The summed E-state index contributed by atoms with van der Waals surface area (Å²) in [4.78, 5) is 8.94. The molecular weight excluding hydrogens is 257 g/mol. The Kier molecular flexibility index (Phi) is 2.56. The third kappa shape index (κ3) is 1.81. The van der Waals surface area contributed by atoms with Crippen LogP contribution in [0.5, 0.6) is 0 Å². The zero-order valence-electron chi connectivity index (χ0n) is 9.69. The van der Waals surface area contributed by atoms with Crippen LogP contribution in [0, 0.1) is 5.92 Å². The van der Waals surface area contributed by atoms with Crippen LogP contribution in [0.25, 0.3) is 11.2 Å². The Labute approximate surface area is 110 Å². The van der Waals surface area contributed by atoms with Crippen molar-refractivity contribution >= 4 is 34.4 Å². The van der Waals surface area contributed by atoms with E-state index in [0.29, 0.717) is 17.0 Å². The lowest BCUT2D eigenvalue weighted by atomic mass is 10.4. The largest absolute Gasteiger partial charge is 0.308 e. The second-order valence-electron chi connectivity index (χ2n) is 4.73. The number of nitrogens with zero attached hydrogens (tertiary/aromatic N) is 3. The van der Waals surface area contributed by atoms with Crippen LogP contribution < -0.4 is 0 Å². The van der Waals surface area contributed by atoms with Crippen molar-refractivity contribution in [3.8, 4) is 0 Å². The number of fused-ring (bicyclic) bond motifs is 1. The maximum atomic E-state index is 6.20. The Hall–Kier alpha value is -0.800. The highest BCUT2D eigenvalue weighted by Gasteiger charge is 2.38. The standard InChI is InChI=1S/C12H13Cl2N3/c1-6-3-10(6)17-11(7(2)13)16-9-4-8(14)5-15-12(9)17/h4-7,10H,3H2,1-2H3. The molecule has 0 radical (unpaired) electrons. The van der Waals surface area contributed by atoms with E-state index < -0.39 is 0 Å². The first kappa shape index (κ1) is 11.3. The molecule has 0 bridgehead atoms. The SMILES string of the molecule is CC(Cl)c1nc2cc(Cl)cnc2n1C1CC1C. The molecule has 3 atom stereocenters. The number of aromatic nitrogens is 3. The lowest BCUT2D eigenvalue weighted by Crippen LogP contribution is -2.04. The second kappa shape index (κ2) is 3.85. The predicted molar refractivity (Wildman–Crippen MR) is 69.6 cm³/mol. The normalized spacial score (nSPS) is 25.2. The van der Waals surface area contributed by atoms with Gasteiger partial charge in [0.15, 0.2) is 5.65 Å². The van der Waals surface area contributed by atoms with Crippen LogP contribution in [0.3, 0.4) is 0 Å². The summed E-state index contributed by atoms with van der Waals surface area (Å²) in [6.07, 6.45) is 2.84. The topological polar surface area (TPSA) is 30.7 Å². The zero-order chi connectivity index (χ0) is 12.2. The van der Waals surface area contributed by atoms with E-state index in [4.69, 9.17) is 23.2 Å². The van der Waals surface area contributed by atoms with Crippen molar-refractivity contribution in [1.29, 1.82) is 0 Å². The van der Waals surface area contributed by atoms with Gasteiger partial charge in [0.25, 0.3) is 0 Å². The average molecular weight is 270 g/mol. The van der Waals surface area contributed by atoms with Gasteiger partial charge in [-0.05, 0) is 25.3 Å². The average Bonchev–Trinajstić information content (AvgIpc) is 2.86. The molecule has 3 unspecified atom stereocenters. The molecule has 1 fully saturated rings. The van der Waals surface area contributed by atoms with Crippen LogP contribution in [-0.2, 0) is 0 Å². The van der Waals surface area contributed by atoms with E-state index in [1.54, 1.807) is 6.20 Å². The van der Waals surface area contributed by atoms with E-state index in [-0.39, 0.29) is 5.38 Å². The van der Waals surface area contributed by atoms with E-state index in [9.17, 15) is 0 Å². The smallest absolute Gasteiger partial charge is 0.160 e. The van der Waals surface area contributed by atoms with Crippen molar-refractivity contribution in [3.63, 3.8) is 0 Å². The minimum Gasteiger partial charge on any atom is -0.308 e. The maximum Gasteiger partial charge on any atom is 0.160 e. The van der Waals surface area contributed by atoms with Crippen LogP contribution in [-0.4, -0.2) is 14.5 Å². The fraction of sp³-hybridized carbons (Fsp3) is 0.500. The molecule has 2 heterocycles. The lowest BCUT2D eigenvalue weighted by Gasteiger charge is -2.08. The summed E-state index contributed by atoms with van der Waals surface area (Å²) in [5.74, 6) is 1.57. The third-order valence-electron chi connectivity index (χ3n) is 3.28. The molecule has 5 heteroatoms. The van der Waals surface area contributed by atoms with Gasteiger partial charge in [-0.3, -0.25) is 0 Å². The van der Waals surface area contributed by atoms with Crippen LogP contribution in [0.2, 0.25) is 5.02 Å². The minimum atomic E-state index is -0.115. The number of alkyl halides is 1. The number of halogens is 2. The number of hydrogen-bond acceptors (Lipinski definition) is 2. The predicted octanol–water partition coefficient (Wildman–Crippen LogP) is 3.97. The van der Waals surface area contributed by atoms with E-state index in [0.717, 1.165) is 17.0 Å². The summed E-state index contributed by atoms with van der Waals surface area (Å²) in [5, 5.41) is 0.496. The molecular formula is C12H13Cl2N3. The molecule has 3 rings (SSSR count). The summed E-state index contributed by atoms with van der Waals surface area (Å²) in [7, 11) is 0. The molecule has 0 N–H and O–H groups in total. The molecule has 0 aliphatic heterocycles. The van der Waals surface area contributed by atoms with Gasteiger partial charge in [0.1, 0.15) is 11.3 Å². The summed E-state index contributed by atoms with van der Waals surface area (Å²) < 4.78 is 2.17. The number of rotatable bonds is 2. The molecule has 0 aromatic carbocycles. The minimum absolute atomic E-state index is 0.115. The second-order valence-corrected chi connectivity index (χ2v) is 5.82. The van der Waals surface area contributed by atoms with Gasteiger partial charge in [0.2, 0.25) is 0 Å². The molecule has 3 nitrogen and oxygen atoms in total. The van der Waals surface area contributed by atoms with Gasteiger partial charge in [-0.1, -0.05) is 18.5 Å². The highest BCUT2D eigenvalue weighted by molar-refractivity contribution is 6.31. The summed E-state index contributed by atoms with van der Waals surface area (Å²) in [5.41, 5.74) is 1.73. The number of imidazole rings is 1. The fourth-order valence-corrected chi connectivity index (χ4v) is 2.55. The number of pyridine rings is 1. The lowest BCUT2D eigenvalue weighted by molar-refractivity contribution is 0.654. The fourth-order valence-electron chi connectivity index (χ4n) is 2.24. The monoisotopic (exact) mass is 269 g/mol. The highest BCUT2D eigenvalue weighted by atomic mass is 35.5. The molecule has 2 aromatic heterocycles. The van der Waals surface area contributed by atoms with Crippen LogP contribution in [0.4, 0.5) is 0 Å². The summed E-state index contributed by atoms with van der Waals surface area (Å²) in [6, 6.07) is 2.33. The Balaban J connectivity index is 2.24. The Morgan fingerprint density at radius 2 is 2.24 bits per heavy atom. The third-order valence-corrected chi connectivity index (χ3v) is 3.68. The summed E-state index contributed by atoms with van der Waals surface area (Å²) >= 11 is 12.1. The van der Waals surface area contributed by atoms with Gasteiger partial charge in [-0.25, -0.2) is 9.97 Å². The Morgan fingerprint density at radius 1 is 1.53 bits per heavy atom. The van der Waals surface area contributed by atoms with Crippen molar-refractivity contribution in [3.05, 3.63) is 23.1 Å². The van der Waals surface area contributed by atoms with Gasteiger partial charge in [0.05, 0.1) is 10.4 Å². The van der Waals surface area contributed by atoms with Crippen LogP contribution >= 0.6 is 23.2 Å². The first-order chi connectivity index (χ1) is 8.08. The van der Waals surface area contributed by atoms with Crippen molar-refractivity contribution < 1.29 is 0 Å². The van der Waals surface area contributed by atoms with Crippen molar-refractivity contribution in [2.24, 2.45) is 5.92 Å². The Bertz CT molecular complexity index is 576. The van der Waals surface area contributed by atoms with E-state index in [2.05, 4.69) is 21.5 Å². The molecule has 0 amide bonds. The van der Waals surface area contributed by atoms with E-state index >= 15 is 0 Å². The molecule has 1 saturated carbocycles. The molecule has 1 aliphatic rings. The van der Waals surface area contributed by atoms with Crippen molar-refractivity contribution in [2.75, 3.05) is 0 Å². The van der Waals surface area contributed by atoms with Gasteiger partial charge >= 0.3 is 0 Å². The first-order valence-electron chi connectivity index (χ1n) is 5.75. The van der Waals surface area contributed by atoms with Crippen LogP contribution in [0.1, 0.15) is 37.5 Å². The molecule has 1 aliphatic carbocycles. The van der Waals surface area contributed by atoms with Gasteiger partial charge in [0, 0.05) is 12.2 Å². The van der Waals surface area contributed by atoms with Gasteiger partial charge < -0.3 is 4.57 Å². The maximum absolute atomic E-state index is 6.20.